The molecule has 1 heterocycles. The molecule has 0 unspecified atom stereocenters. The van der Waals surface area contributed by atoms with Gasteiger partial charge in [-0.15, -0.1) is 0 Å². The van der Waals surface area contributed by atoms with Crippen LogP contribution in [0.1, 0.15) is 10.4 Å². The average Bonchev–Trinajstić information content (AvgIpc) is 1.97. The zero-order chi connectivity index (χ0) is 9.30. The summed E-state index contributed by atoms with van der Waals surface area (Å²) in [4.78, 5) is 23.2. The Morgan fingerprint density at radius 1 is 1.58 bits per heavy atom. The second-order valence-corrected chi connectivity index (χ2v) is 2.10. The van der Waals surface area contributed by atoms with Gasteiger partial charge in [0.25, 0.3) is 5.56 Å². The Labute approximate surface area is 66.3 Å². The van der Waals surface area contributed by atoms with Crippen molar-refractivity contribution in [1.29, 1.82) is 0 Å². The molecule has 0 radical (unpaired) electrons. The Balaban J connectivity index is 3.54. The second-order valence-electron chi connectivity index (χ2n) is 2.10. The SMILES string of the molecule is Nc1c[nH]c(=O)c(C(=O)O)c1O. The van der Waals surface area contributed by atoms with E-state index in [4.69, 9.17) is 15.9 Å². The molecule has 64 valence electrons. The summed E-state index contributed by atoms with van der Waals surface area (Å²) in [5.41, 5.74) is 3.35. The van der Waals surface area contributed by atoms with Gasteiger partial charge in [0, 0.05) is 6.20 Å². The number of nitrogen functional groups attached to an aromatic ring is 1. The number of hydrogen-bond acceptors (Lipinski definition) is 4. The number of aromatic carboxylic acids is 1. The van der Waals surface area contributed by atoms with E-state index in [-0.39, 0.29) is 5.69 Å². The molecule has 0 aliphatic heterocycles. The molecular formula is C6H6N2O4. The molecule has 0 saturated carbocycles. The van der Waals surface area contributed by atoms with E-state index in [1.165, 1.54) is 0 Å². The Kier molecular flexibility index (Phi) is 1.74. The molecule has 0 spiro atoms. The van der Waals surface area contributed by atoms with E-state index in [1.807, 2.05) is 0 Å². The molecule has 0 fully saturated rings. The number of aromatic hydroxyl groups is 1. The summed E-state index contributed by atoms with van der Waals surface area (Å²) < 4.78 is 0. The summed E-state index contributed by atoms with van der Waals surface area (Å²) in [5, 5.41) is 17.5. The molecule has 5 N–H and O–H groups in total. The minimum Gasteiger partial charge on any atom is -0.505 e. The van der Waals surface area contributed by atoms with Gasteiger partial charge in [-0.05, 0) is 0 Å². The van der Waals surface area contributed by atoms with Crippen LogP contribution in [0.25, 0.3) is 0 Å². The van der Waals surface area contributed by atoms with Crippen molar-refractivity contribution in [2.24, 2.45) is 0 Å². The van der Waals surface area contributed by atoms with Crippen LogP contribution in [-0.4, -0.2) is 21.2 Å². The lowest BCUT2D eigenvalue weighted by Gasteiger charge is -1.99. The number of H-pyrrole nitrogens is 1. The predicted molar refractivity (Wildman–Crippen MR) is 40.1 cm³/mol. The monoisotopic (exact) mass is 170 g/mol. The molecule has 1 aromatic rings. The molecule has 0 bridgehead atoms. The van der Waals surface area contributed by atoms with Gasteiger partial charge in [-0.1, -0.05) is 0 Å². The van der Waals surface area contributed by atoms with Crippen molar-refractivity contribution in [3.63, 3.8) is 0 Å². The van der Waals surface area contributed by atoms with Crippen LogP contribution in [0.5, 0.6) is 5.75 Å². The first kappa shape index (κ1) is 8.12. The molecule has 0 aliphatic carbocycles. The maximum absolute atomic E-state index is 10.8. The summed E-state index contributed by atoms with van der Waals surface area (Å²) >= 11 is 0. The van der Waals surface area contributed by atoms with Gasteiger partial charge in [0.05, 0.1) is 5.69 Å². The van der Waals surface area contributed by atoms with Crippen molar-refractivity contribution in [3.8, 4) is 5.75 Å². The zero-order valence-corrected chi connectivity index (χ0v) is 5.87. The number of aromatic amines is 1. The lowest BCUT2D eigenvalue weighted by Crippen LogP contribution is -2.17. The van der Waals surface area contributed by atoms with Crippen molar-refractivity contribution in [1.82, 2.24) is 4.98 Å². The van der Waals surface area contributed by atoms with Crippen LogP contribution in [0.3, 0.4) is 0 Å². The first-order chi connectivity index (χ1) is 5.54. The second kappa shape index (κ2) is 2.57. The summed E-state index contributed by atoms with van der Waals surface area (Å²) in [6.07, 6.45) is 1.03. The fraction of sp³-hybridized carbons (Fsp3) is 0. The largest absolute Gasteiger partial charge is 0.505 e. The van der Waals surface area contributed by atoms with Crippen LogP contribution >= 0.6 is 0 Å². The molecule has 1 aromatic heterocycles. The molecule has 6 heteroatoms. The highest BCUT2D eigenvalue weighted by Crippen LogP contribution is 2.19. The van der Waals surface area contributed by atoms with E-state index in [9.17, 15) is 9.59 Å². The zero-order valence-electron chi connectivity index (χ0n) is 5.87. The summed E-state index contributed by atoms with van der Waals surface area (Å²) in [5.74, 6) is -2.22. The topological polar surface area (TPSA) is 116 Å². The molecule has 0 aromatic carbocycles. The number of nitrogens with one attached hydrogen (secondary N) is 1. The molecule has 0 amide bonds. The lowest BCUT2D eigenvalue weighted by molar-refractivity contribution is 0.0692. The number of pyridine rings is 1. The smallest absolute Gasteiger partial charge is 0.345 e. The summed E-state index contributed by atoms with van der Waals surface area (Å²) in [6.45, 7) is 0. The number of carboxylic acids is 1. The van der Waals surface area contributed by atoms with Gasteiger partial charge in [0.2, 0.25) is 0 Å². The van der Waals surface area contributed by atoms with Crippen LogP contribution in [0.2, 0.25) is 0 Å². The van der Waals surface area contributed by atoms with Crippen LogP contribution < -0.4 is 11.3 Å². The normalized spacial score (nSPS) is 9.67. The molecule has 0 aliphatic rings. The highest BCUT2D eigenvalue weighted by molar-refractivity contribution is 5.92. The number of nitrogens with two attached hydrogens (primary N) is 1. The third-order valence-electron chi connectivity index (χ3n) is 1.31. The number of carboxylic acid groups (broad SMARTS) is 1. The van der Waals surface area contributed by atoms with Crippen molar-refractivity contribution < 1.29 is 15.0 Å². The van der Waals surface area contributed by atoms with E-state index in [0.717, 1.165) is 6.20 Å². The molecule has 0 atom stereocenters. The molecule has 6 nitrogen and oxygen atoms in total. The molecule has 0 saturated heterocycles. The first-order valence-electron chi connectivity index (χ1n) is 2.97. The number of aromatic nitrogens is 1. The van der Waals surface area contributed by atoms with Gasteiger partial charge in [-0.25, -0.2) is 4.79 Å². The number of anilines is 1. The van der Waals surface area contributed by atoms with Crippen LogP contribution in [-0.2, 0) is 0 Å². The highest BCUT2D eigenvalue weighted by atomic mass is 16.4. The minimum absolute atomic E-state index is 0.174. The average molecular weight is 170 g/mol. The number of rotatable bonds is 1. The third kappa shape index (κ3) is 1.09. The minimum atomic E-state index is -1.51. The maximum atomic E-state index is 10.8. The fourth-order valence-corrected chi connectivity index (χ4v) is 0.734. The predicted octanol–water partition coefficient (Wildman–Crippen LogP) is -0.639. The van der Waals surface area contributed by atoms with Gasteiger partial charge >= 0.3 is 5.97 Å². The van der Waals surface area contributed by atoms with E-state index in [0.29, 0.717) is 0 Å². The third-order valence-corrected chi connectivity index (χ3v) is 1.31. The quantitative estimate of drug-likeness (QED) is 0.447. The van der Waals surface area contributed by atoms with Gasteiger partial charge < -0.3 is 20.9 Å². The molecular weight excluding hydrogens is 164 g/mol. The Bertz CT molecular complexity index is 382. The van der Waals surface area contributed by atoms with Gasteiger partial charge in [-0.3, -0.25) is 4.79 Å². The Hall–Kier alpha value is -1.98. The Morgan fingerprint density at radius 2 is 2.17 bits per heavy atom. The van der Waals surface area contributed by atoms with Gasteiger partial charge in [-0.2, -0.15) is 0 Å². The highest BCUT2D eigenvalue weighted by Gasteiger charge is 2.16. The first-order valence-corrected chi connectivity index (χ1v) is 2.97. The van der Waals surface area contributed by atoms with E-state index in [1.54, 1.807) is 0 Å². The van der Waals surface area contributed by atoms with Gasteiger partial charge in [0.15, 0.2) is 11.3 Å². The van der Waals surface area contributed by atoms with Crippen LogP contribution in [0, 0.1) is 0 Å². The number of hydrogen-bond donors (Lipinski definition) is 4. The lowest BCUT2D eigenvalue weighted by atomic mass is 10.2. The fourth-order valence-electron chi connectivity index (χ4n) is 0.734. The van der Waals surface area contributed by atoms with Gasteiger partial charge in [0.1, 0.15) is 0 Å². The van der Waals surface area contributed by atoms with E-state index >= 15 is 0 Å². The standard InChI is InChI=1S/C6H6N2O4/c7-2-1-8-5(10)3(4(2)9)6(11)12/h1H,7H2,(H,11,12)(H2,8,9,10). The van der Waals surface area contributed by atoms with E-state index < -0.39 is 22.8 Å². The number of carbonyl (C=O) groups is 1. The van der Waals surface area contributed by atoms with Crippen molar-refractivity contribution in [2.75, 3.05) is 5.73 Å². The molecule has 1 rings (SSSR count). The van der Waals surface area contributed by atoms with Crippen molar-refractivity contribution in [2.45, 2.75) is 0 Å². The Morgan fingerprint density at radius 3 is 2.58 bits per heavy atom. The van der Waals surface area contributed by atoms with E-state index in [2.05, 4.69) is 4.98 Å². The van der Waals surface area contributed by atoms with Crippen molar-refractivity contribution in [3.05, 3.63) is 22.1 Å². The summed E-state index contributed by atoms with van der Waals surface area (Å²) in [6, 6.07) is 0. The van der Waals surface area contributed by atoms with Crippen LogP contribution in [0.4, 0.5) is 5.69 Å². The summed E-state index contributed by atoms with van der Waals surface area (Å²) in [7, 11) is 0. The maximum Gasteiger partial charge on any atom is 0.345 e. The van der Waals surface area contributed by atoms with Crippen molar-refractivity contribution >= 4 is 11.7 Å². The molecule has 12 heavy (non-hydrogen) atoms. The van der Waals surface area contributed by atoms with Crippen LogP contribution in [0.15, 0.2) is 11.0 Å².